The molecule has 0 saturated heterocycles. The fourth-order valence-electron chi connectivity index (χ4n) is 2.05. The number of thiazole rings is 1. The van der Waals surface area contributed by atoms with Gasteiger partial charge >= 0.3 is 0 Å². The van der Waals surface area contributed by atoms with E-state index in [2.05, 4.69) is 10.3 Å². The van der Waals surface area contributed by atoms with E-state index in [4.69, 9.17) is 11.6 Å². The second-order valence-electron chi connectivity index (χ2n) is 6.10. The second-order valence-corrected chi connectivity index (χ2v) is 10.5. The molecule has 1 aromatic carbocycles. The molecule has 0 aliphatic rings. The molecule has 1 heterocycles. The van der Waals surface area contributed by atoms with Crippen LogP contribution in [-0.2, 0) is 14.6 Å². The first-order chi connectivity index (χ1) is 11.1. The van der Waals surface area contributed by atoms with E-state index in [0.29, 0.717) is 15.8 Å². The van der Waals surface area contributed by atoms with E-state index in [1.165, 1.54) is 25.2 Å². The van der Waals surface area contributed by atoms with Gasteiger partial charge < -0.3 is 5.32 Å². The smallest absolute Gasteiger partial charge is 0.247 e. The average molecular weight is 387 g/mol. The molecule has 24 heavy (non-hydrogen) atoms. The molecular weight excluding hydrogens is 368 g/mol. The highest BCUT2D eigenvalue weighted by molar-refractivity contribution is 7.94. The molecule has 0 fully saturated rings. The molecule has 0 spiro atoms. The van der Waals surface area contributed by atoms with E-state index in [-0.39, 0.29) is 0 Å². The number of amides is 1. The van der Waals surface area contributed by atoms with Gasteiger partial charge in [-0.25, -0.2) is 13.4 Å². The van der Waals surface area contributed by atoms with Gasteiger partial charge in [0.05, 0.1) is 10.9 Å². The van der Waals surface area contributed by atoms with Crippen LogP contribution in [-0.4, -0.2) is 29.3 Å². The van der Waals surface area contributed by atoms with Gasteiger partial charge in [0.1, 0.15) is 4.75 Å². The fraction of sp³-hybridized carbons (Fsp3) is 0.375. The Hall–Kier alpha value is -1.44. The van der Waals surface area contributed by atoms with E-state index in [9.17, 15) is 13.2 Å². The van der Waals surface area contributed by atoms with Crippen LogP contribution in [0, 0.1) is 0 Å². The van der Waals surface area contributed by atoms with Crippen LogP contribution in [0.1, 0.15) is 27.7 Å². The van der Waals surface area contributed by atoms with Crippen molar-refractivity contribution in [2.24, 2.45) is 0 Å². The van der Waals surface area contributed by atoms with Crippen molar-refractivity contribution in [2.75, 3.05) is 5.32 Å². The third-order valence-electron chi connectivity index (χ3n) is 3.74. The van der Waals surface area contributed by atoms with Gasteiger partial charge in [-0.2, -0.15) is 0 Å². The summed E-state index contributed by atoms with van der Waals surface area (Å²) in [6, 6.07) is 7.17. The monoisotopic (exact) mass is 386 g/mol. The molecular formula is C16H19ClN2O3S2. The minimum atomic E-state index is -3.60. The molecule has 5 nitrogen and oxygen atoms in total. The third kappa shape index (κ3) is 3.63. The van der Waals surface area contributed by atoms with Gasteiger partial charge in [-0.3, -0.25) is 4.79 Å². The van der Waals surface area contributed by atoms with Gasteiger partial charge in [-0.05, 0) is 39.8 Å². The van der Waals surface area contributed by atoms with Gasteiger partial charge in [0.2, 0.25) is 5.91 Å². The third-order valence-corrected chi connectivity index (χ3v) is 7.60. The molecule has 0 aliphatic heterocycles. The minimum absolute atomic E-state index is 0.358. The standard InChI is InChI=1S/C16H19ClN2O3S2/c1-10(2)24(21,22)16(3,4)14(20)19-15-18-13(9-23-15)11-5-7-12(17)8-6-11/h5-10H,1-4H3,(H,18,19,20). The molecule has 1 amide bonds. The molecule has 1 aromatic heterocycles. The van der Waals surface area contributed by atoms with Crippen molar-refractivity contribution in [3.8, 4) is 11.3 Å². The SMILES string of the molecule is CC(C)S(=O)(=O)C(C)(C)C(=O)Nc1nc(-c2ccc(Cl)cc2)cs1. The first-order valence-electron chi connectivity index (χ1n) is 7.32. The van der Waals surface area contributed by atoms with Gasteiger partial charge in [0, 0.05) is 16.0 Å². The quantitative estimate of drug-likeness (QED) is 0.842. The van der Waals surface area contributed by atoms with Crippen molar-refractivity contribution in [3.05, 3.63) is 34.7 Å². The molecule has 0 radical (unpaired) electrons. The summed E-state index contributed by atoms with van der Waals surface area (Å²) in [4.78, 5) is 16.8. The highest BCUT2D eigenvalue weighted by Gasteiger charge is 2.43. The summed E-state index contributed by atoms with van der Waals surface area (Å²) < 4.78 is 23.2. The number of halogens is 1. The lowest BCUT2D eigenvalue weighted by atomic mass is 10.2. The number of nitrogens with zero attached hydrogens (tertiary/aromatic N) is 1. The van der Waals surface area contributed by atoms with Gasteiger partial charge in [0.25, 0.3) is 0 Å². The maximum Gasteiger partial charge on any atom is 0.247 e. The first kappa shape index (κ1) is 18.9. The average Bonchev–Trinajstić information content (AvgIpc) is 2.96. The molecule has 0 aliphatic carbocycles. The first-order valence-corrected chi connectivity index (χ1v) is 10.1. The highest BCUT2D eigenvalue weighted by atomic mass is 35.5. The Kier molecular flexibility index (Phi) is 5.37. The minimum Gasteiger partial charge on any atom is -0.301 e. The Morgan fingerprint density at radius 2 is 1.83 bits per heavy atom. The lowest BCUT2D eigenvalue weighted by Gasteiger charge is -2.25. The van der Waals surface area contributed by atoms with Crippen molar-refractivity contribution >= 4 is 43.8 Å². The van der Waals surface area contributed by atoms with Gasteiger partial charge in [-0.15, -0.1) is 11.3 Å². The zero-order valence-electron chi connectivity index (χ0n) is 13.8. The Balaban J connectivity index is 2.20. The predicted octanol–water partition coefficient (Wildman–Crippen LogP) is 4.00. The molecule has 2 aromatic rings. The van der Waals surface area contributed by atoms with Crippen molar-refractivity contribution in [1.29, 1.82) is 0 Å². The maximum absolute atomic E-state index is 12.4. The Labute approximate surface area is 151 Å². The molecule has 130 valence electrons. The van der Waals surface area contributed by atoms with E-state index in [1.54, 1.807) is 31.4 Å². The molecule has 0 saturated carbocycles. The summed E-state index contributed by atoms with van der Waals surface area (Å²) in [5.74, 6) is -0.590. The largest absolute Gasteiger partial charge is 0.301 e. The van der Waals surface area contributed by atoms with Crippen LogP contribution in [0.5, 0.6) is 0 Å². The highest BCUT2D eigenvalue weighted by Crippen LogP contribution is 2.28. The molecule has 0 bridgehead atoms. The lowest BCUT2D eigenvalue weighted by molar-refractivity contribution is -0.117. The number of rotatable bonds is 5. The van der Waals surface area contributed by atoms with Crippen LogP contribution in [0.25, 0.3) is 11.3 Å². The summed E-state index contributed by atoms with van der Waals surface area (Å²) >= 11 is 7.10. The van der Waals surface area contributed by atoms with Crippen LogP contribution < -0.4 is 5.32 Å². The molecule has 0 atom stereocenters. The number of carbonyl (C=O) groups excluding carboxylic acids is 1. The van der Waals surface area contributed by atoms with Crippen LogP contribution in [0.15, 0.2) is 29.6 Å². The van der Waals surface area contributed by atoms with Crippen LogP contribution in [0.4, 0.5) is 5.13 Å². The number of sulfone groups is 1. The number of anilines is 1. The molecule has 0 unspecified atom stereocenters. The Bertz CT molecular complexity index is 840. The predicted molar refractivity (Wildman–Crippen MR) is 99.3 cm³/mol. The number of nitrogens with one attached hydrogen (secondary N) is 1. The summed E-state index contributed by atoms with van der Waals surface area (Å²) in [7, 11) is -3.60. The molecule has 1 N–H and O–H groups in total. The number of hydrogen-bond donors (Lipinski definition) is 1. The van der Waals surface area contributed by atoms with Crippen molar-refractivity contribution in [3.63, 3.8) is 0 Å². The second kappa shape index (κ2) is 6.82. The van der Waals surface area contributed by atoms with Gasteiger partial charge in [-0.1, -0.05) is 23.7 Å². The zero-order valence-corrected chi connectivity index (χ0v) is 16.2. The zero-order chi connectivity index (χ0) is 18.1. The van der Waals surface area contributed by atoms with Crippen LogP contribution >= 0.6 is 22.9 Å². The Morgan fingerprint density at radius 1 is 1.25 bits per heavy atom. The summed E-state index contributed by atoms with van der Waals surface area (Å²) in [5, 5.41) is 4.75. The van der Waals surface area contributed by atoms with E-state index < -0.39 is 25.7 Å². The van der Waals surface area contributed by atoms with Crippen molar-refractivity contribution in [2.45, 2.75) is 37.7 Å². The lowest BCUT2D eigenvalue weighted by Crippen LogP contribution is -2.47. The van der Waals surface area contributed by atoms with E-state index >= 15 is 0 Å². The van der Waals surface area contributed by atoms with Crippen molar-refractivity contribution < 1.29 is 13.2 Å². The summed E-state index contributed by atoms with van der Waals surface area (Å²) in [6.07, 6.45) is 0. The Morgan fingerprint density at radius 3 is 2.38 bits per heavy atom. The summed E-state index contributed by atoms with van der Waals surface area (Å²) in [6.45, 7) is 5.94. The van der Waals surface area contributed by atoms with E-state index in [1.807, 2.05) is 12.1 Å². The van der Waals surface area contributed by atoms with Gasteiger partial charge in [0.15, 0.2) is 15.0 Å². The van der Waals surface area contributed by atoms with Crippen molar-refractivity contribution in [1.82, 2.24) is 4.98 Å². The number of aromatic nitrogens is 1. The summed E-state index contributed by atoms with van der Waals surface area (Å²) in [5.41, 5.74) is 1.56. The normalized spacial score (nSPS) is 12.4. The molecule has 2 rings (SSSR count). The topological polar surface area (TPSA) is 76.1 Å². The number of benzene rings is 1. The number of carbonyl (C=O) groups is 1. The van der Waals surface area contributed by atoms with Crippen LogP contribution in [0.3, 0.4) is 0 Å². The fourth-order valence-corrected chi connectivity index (χ4v) is 4.38. The number of hydrogen-bond acceptors (Lipinski definition) is 5. The van der Waals surface area contributed by atoms with E-state index in [0.717, 1.165) is 5.56 Å². The maximum atomic E-state index is 12.4. The molecule has 8 heteroatoms. The van der Waals surface area contributed by atoms with Crippen LogP contribution in [0.2, 0.25) is 5.02 Å².